The Balaban J connectivity index is 1.85. The summed E-state index contributed by atoms with van der Waals surface area (Å²) in [5.74, 6) is 0.689. The Morgan fingerprint density at radius 3 is 2.90 bits per heavy atom. The third-order valence-electron chi connectivity index (χ3n) is 3.98. The molecule has 0 amide bonds. The van der Waals surface area contributed by atoms with Crippen LogP contribution in [0, 0.1) is 5.92 Å². The van der Waals surface area contributed by atoms with Gasteiger partial charge in [0.05, 0.1) is 18.7 Å². The van der Waals surface area contributed by atoms with Crippen molar-refractivity contribution in [3.8, 4) is 0 Å². The summed E-state index contributed by atoms with van der Waals surface area (Å²) in [6.45, 7) is 0.761. The molecule has 110 valence electrons. The van der Waals surface area contributed by atoms with Gasteiger partial charge in [-0.1, -0.05) is 41.9 Å². The molecule has 21 heavy (non-hydrogen) atoms. The molecule has 3 rings (SSSR count). The van der Waals surface area contributed by atoms with Crippen molar-refractivity contribution in [3.05, 3.63) is 52.6 Å². The van der Waals surface area contributed by atoms with E-state index < -0.39 is 0 Å². The summed E-state index contributed by atoms with van der Waals surface area (Å²) < 4.78 is 6.98. The van der Waals surface area contributed by atoms with Gasteiger partial charge >= 0.3 is 5.97 Å². The minimum absolute atomic E-state index is 0.110. The van der Waals surface area contributed by atoms with Gasteiger partial charge in [0, 0.05) is 19.4 Å². The van der Waals surface area contributed by atoms with Gasteiger partial charge in [0.2, 0.25) is 0 Å². The number of rotatable bonds is 3. The number of hydrogen-bond donors (Lipinski definition) is 0. The molecule has 1 aromatic carbocycles. The Bertz CT molecular complexity index is 652. The highest BCUT2D eigenvalue weighted by atomic mass is 35.5. The molecule has 1 aromatic heterocycles. The number of benzene rings is 1. The standard InChI is InChI=1S/C16H17ClN2O2/c1-21-16(20)12-7-8-19-13(10-12)15(17)18-14(19)9-11-5-3-2-4-6-11/h2-6,12H,7-10H2,1H3. The van der Waals surface area contributed by atoms with Crippen LogP contribution in [-0.4, -0.2) is 22.6 Å². The third-order valence-corrected chi connectivity index (χ3v) is 4.29. The average molecular weight is 305 g/mol. The fourth-order valence-electron chi connectivity index (χ4n) is 2.87. The fourth-order valence-corrected chi connectivity index (χ4v) is 3.14. The summed E-state index contributed by atoms with van der Waals surface area (Å²) in [6, 6.07) is 10.2. The Morgan fingerprint density at radius 1 is 1.43 bits per heavy atom. The van der Waals surface area contributed by atoms with Gasteiger partial charge in [-0.25, -0.2) is 4.98 Å². The second-order valence-electron chi connectivity index (χ2n) is 5.29. The Morgan fingerprint density at radius 2 is 2.19 bits per heavy atom. The molecule has 2 heterocycles. The molecule has 4 nitrogen and oxygen atoms in total. The van der Waals surface area contributed by atoms with E-state index in [1.165, 1.54) is 12.7 Å². The SMILES string of the molecule is COC(=O)C1CCn2c(Cc3ccccc3)nc(Cl)c2C1. The van der Waals surface area contributed by atoms with Crippen molar-refractivity contribution in [1.29, 1.82) is 0 Å². The number of ether oxygens (including phenoxy) is 1. The first-order valence-corrected chi connectivity index (χ1v) is 7.42. The largest absolute Gasteiger partial charge is 0.469 e. The molecule has 0 saturated carbocycles. The molecule has 0 radical (unpaired) electrons. The van der Waals surface area contributed by atoms with Gasteiger partial charge in [-0.15, -0.1) is 0 Å². The predicted octanol–water partition coefficient (Wildman–Crippen LogP) is 2.86. The molecular weight excluding hydrogens is 288 g/mol. The van der Waals surface area contributed by atoms with E-state index in [1.807, 2.05) is 18.2 Å². The number of halogens is 1. The summed E-state index contributed by atoms with van der Waals surface area (Å²) >= 11 is 6.26. The van der Waals surface area contributed by atoms with Gasteiger partial charge < -0.3 is 9.30 Å². The van der Waals surface area contributed by atoms with Gasteiger partial charge in [-0.2, -0.15) is 0 Å². The zero-order valence-electron chi connectivity index (χ0n) is 11.9. The van der Waals surface area contributed by atoms with Crippen LogP contribution in [0.2, 0.25) is 5.15 Å². The van der Waals surface area contributed by atoms with E-state index in [2.05, 4.69) is 21.7 Å². The molecule has 1 aliphatic rings. The summed E-state index contributed by atoms with van der Waals surface area (Å²) in [6.07, 6.45) is 2.13. The van der Waals surface area contributed by atoms with Gasteiger partial charge in [0.15, 0.2) is 5.15 Å². The lowest BCUT2D eigenvalue weighted by atomic mass is 9.96. The summed E-state index contributed by atoms with van der Waals surface area (Å²) in [5.41, 5.74) is 2.15. The molecule has 0 saturated heterocycles. The van der Waals surface area contributed by atoms with Crippen molar-refractivity contribution in [2.45, 2.75) is 25.8 Å². The zero-order chi connectivity index (χ0) is 14.8. The first kappa shape index (κ1) is 14.1. The van der Waals surface area contributed by atoms with Crippen LogP contribution in [0.5, 0.6) is 0 Å². The van der Waals surface area contributed by atoms with E-state index in [0.717, 1.165) is 30.9 Å². The number of aromatic nitrogens is 2. The lowest BCUT2D eigenvalue weighted by Gasteiger charge is -2.23. The quantitative estimate of drug-likeness (QED) is 0.819. The molecule has 0 bridgehead atoms. The van der Waals surface area contributed by atoms with E-state index in [0.29, 0.717) is 11.6 Å². The maximum absolute atomic E-state index is 11.7. The minimum Gasteiger partial charge on any atom is -0.469 e. The van der Waals surface area contributed by atoms with Crippen molar-refractivity contribution in [3.63, 3.8) is 0 Å². The molecule has 1 aliphatic heterocycles. The lowest BCUT2D eigenvalue weighted by molar-refractivity contribution is -0.146. The number of methoxy groups -OCH3 is 1. The number of carbonyl (C=O) groups is 1. The Labute approximate surface area is 128 Å². The molecule has 0 aliphatic carbocycles. The highest BCUT2D eigenvalue weighted by Crippen LogP contribution is 2.29. The number of nitrogens with zero attached hydrogens (tertiary/aromatic N) is 2. The smallest absolute Gasteiger partial charge is 0.309 e. The predicted molar refractivity (Wildman–Crippen MR) is 80.3 cm³/mol. The summed E-state index contributed by atoms with van der Waals surface area (Å²) in [4.78, 5) is 16.2. The lowest BCUT2D eigenvalue weighted by Crippen LogP contribution is -2.27. The van der Waals surface area contributed by atoms with Crippen LogP contribution in [0.4, 0.5) is 0 Å². The average Bonchev–Trinajstić information content (AvgIpc) is 2.83. The van der Waals surface area contributed by atoms with E-state index in [9.17, 15) is 4.79 Å². The van der Waals surface area contributed by atoms with E-state index in [4.69, 9.17) is 16.3 Å². The molecule has 0 fully saturated rings. The zero-order valence-corrected chi connectivity index (χ0v) is 12.6. The molecule has 1 unspecified atom stereocenters. The van der Waals surface area contributed by atoms with Crippen LogP contribution in [-0.2, 0) is 28.9 Å². The number of hydrogen-bond acceptors (Lipinski definition) is 3. The topological polar surface area (TPSA) is 44.1 Å². The van der Waals surface area contributed by atoms with Crippen LogP contribution >= 0.6 is 11.6 Å². The highest BCUT2D eigenvalue weighted by Gasteiger charge is 2.29. The Kier molecular flexibility index (Phi) is 3.97. The normalized spacial score (nSPS) is 17.3. The molecule has 1 atom stereocenters. The van der Waals surface area contributed by atoms with Crippen LogP contribution < -0.4 is 0 Å². The molecular formula is C16H17ClN2O2. The van der Waals surface area contributed by atoms with Crippen molar-refractivity contribution in [1.82, 2.24) is 9.55 Å². The van der Waals surface area contributed by atoms with Gasteiger partial charge in [-0.3, -0.25) is 4.79 Å². The van der Waals surface area contributed by atoms with Crippen LogP contribution in [0.25, 0.3) is 0 Å². The van der Waals surface area contributed by atoms with Gasteiger partial charge in [0.25, 0.3) is 0 Å². The number of esters is 1. The highest BCUT2D eigenvalue weighted by molar-refractivity contribution is 6.30. The maximum Gasteiger partial charge on any atom is 0.309 e. The van der Waals surface area contributed by atoms with Crippen LogP contribution in [0.1, 0.15) is 23.5 Å². The summed E-state index contributed by atoms with van der Waals surface area (Å²) in [7, 11) is 1.43. The van der Waals surface area contributed by atoms with Crippen molar-refractivity contribution >= 4 is 17.6 Å². The van der Waals surface area contributed by atoms with Crippen molar-refractivity contribution in [2.75, 3.05) is 7.11 Å². The minimum atomic E-state index is -0.164. The molecule has 0 N–H and O–H groups in total. The van der Waals surface area contributed by atoms with Crippen LogP contribution in [0.3, 0.4) is 0 Å². The second-order valence-corrected chi connectivity index (χ2v) is 5.65. The summed E-state index contributed by atoms with van der Waals surface area (Å²) in [5, 5.41) is 0.509. The molecule has 2 aromatic rings. The fraction of sp³-hybridized carbons (Fsp3) is 0.375. The van der Waals surface area contributed by atoms with Gasteiger partial charge in [0.1, 0.15) is 5.82 Å². The number of carbonyl (C=O) groups excluding carboxylic acids is 1. The molecule has 0 spiro atoms. The Hall–Kier alpha value is -1.81. The number of imidazole rings is 1. The molecule has 5 heteroatoms. The van der Waals surface area contributed by atoms with Crippen LogP contribution in [0.15, 0.2) is 30.3 Å². The van der Waals surface area contributed by atoms with E-state index in [1.54, 1.807) is 0 Å². The second kappa shape index (κ2) is 5.90. The van der Waals surface area contributed by atoms with Gasteiger partial charge in [-0.05, 0) is 12.0 Å². The monoisotopic (exact) mass is 304 g/mol. The first-order chi connectivity index (χ1) is 10.2. The van der Waals surface area contributed by atoms with Crippen molar-refractivity contribution < 1.29 is 9.53 Å². The first-order valence-electron chi connectivity index (χ1n) is 7.04. The van der Waals surface area contributed by atoms with Crippen molar-refractivity contribution in [2.24, 2.45) is 5.92 Å². The van der Waals surface area contributed by atoms with E-state index in [-0.39, 0.29) is 11.9 Å². The van der Waals surface area contributed by atoms with E-state index >= 15 is 0 Å². The maximum atomic E-state index is 11.7. The number of fused-ring (bicyclic) bond motifs is 1. The third kappa shape index (κ3) is 2.81.